The highest BCUT2D eigenvalue weighted by molar-refractivity contribution is 7.99. The third-order valence-electron chi connectivity index (χ3n) is 4.72. The Morgan fingerprint density at radius 2 is 1.88 bits per heavy atom. The largest absolute Gasteiger partial charge is 0.497 e. The summed E-state index contributed by atoms with van der Waals surface area (Å²) in [6, 6.07) is 23.1. The number of halogens is 1. The van der Waals surface area contributed by atoms with Crippen LogP contribution in [0.4, 0.5) is 0 Å². The van der Waals surface area contributed by atoms with Gasteiger partial charge < -0.3 is 9.30 Å². The Bertz CT molecular complexity index is 1240. The van der Waals surface area contributed by atoms with Gasteiger partial charge in [-0.2, -0.15) is 5.10 Å². The summed E-state index contributed by atoms with van der Waals surface area (Å²) in [7, 11) is 1.62. The summed E-state index contributed by atoms with van der Waals surface area (Å²) < 4.78 is 7.24. The van der Waals surface area contributed by atoms with Gasteiger partial charge in [-0.3, -0.25) is 4.79 Å². The van der Waals surface area contributed by atoms with Gasteiger partial charge in [-0.15, -0.1) is 0 Å². The standard InChI is InChI=1S/C24H21ClN4O2S/c1-31-20-12-8-17(9-13-20)14-26-28-23(30)16-32-24-27-21-4-2-3-5-22(21)29(24)15-18-6-10-19(25)11-7-18/h2-14H,15-16H2,1H3,(H,28,30). The van der Waals surface area contributed by atoms with Gasteiger partial charge >= 0.3 is 0 Å². The number of para-hydroxylation sites is 2. The lowest BCUT2D eigenvalue weighted by Gasteiger charge is -2.09. The van der Waals surface area contributed by atoms with E-state index in [1.165, 1.54) is 11.8 Å². The molecule has 0 atom stereocenters. The van der Waals surface area contributed by atoms with Gasteiger partial charge in [0.2, 0.25) is 0 Å². The zero-order valence-corrected chi connectivity index (χ0v) is 18.9. The molecule has 0 bridgehead atoms. The van der Waals surface area contributed by atoms with Crippen molar-refractivity contribution in [2.75, 3.05) is 12.9 Å². The number of hydrogen-bond donors (Lipinski definition) is 1. The molecule has 4 aromatic rings. The van der Waals surface area contributed by atoms with Gasteiger partial charge in [0.15, 0.2) is 5.16 Å². The molecule has 1 heterocycles. The number of hydrogen-bond acceptors (Lipinski definition) is 5. The highest BCUT2D eigenvalue weighted by Gasteiger charge is 2.13. The molecule has 0 aliphatic heterocycles. The monoisotopic (exact) mass is 464 g/mol. The molecule has 162 valence electrons. The second kappa shape index (κ2) is 10.3. The Hall–Kier alpha value is -3.29. The summed E-state index contributed by atoms with van der Waals surface area (Å²) in [5.41, 5.74) is 6.44. The molecule has 0 radical (unpaired) electrons. The smallest absolute Gasteiger partial charge is 0.250 e. The highest BCUT2D eigenvalue weighted by Crippen LogP contribution is 2.25. The number of rotatable bonds is 8. The zero-order valence-electron chi connectivity index (χ0n) is 17.4. The van der Waals surface area contributed by atoms with Gasteiger partial charge in [-0.1, -0.05) is 47.6 Å². The van der Waals surface area contributed by atoms with Crippen LogP contribution < -0.4 is 10.2 Å². The molecule has 0 saturated carbocycles. The maximum absolute atomic E-state index is 12.3. The van der Waals surface area contributed by atoms with Crippen LogP contribution in [0.3, 0.4) is 0 Å². The van der Waals surface area contributed by atoms with Gasteiger partial charge in [0, 0.05) is 5.02 Å². The summed E-state index contributed by atoms with van der Waals surface area (Å²) >= 11 is 7.39. The van der Waals surface area contributed by atoms with Crippen LogP contribution in [0.15, 0.2) is 83.1 Å². The normalized spacial score (nSPS) is 11.2. The average Bonchev–Trinajstić information content (AvgIpc) is 3.17. The van der Waals surface area contributed by atoms with E-state index in [9.17, 15) is 4.79 Å². The van der Waals surface area contributed by atoms with E-state index in [2.05, 4.69) is 15.1 Å². The Morgan fingerprint density at radius 1 is 1.12 bits per heavy atom. The molecule has 1 amide bonds. The van der Waals surface area contributed by atoms with Crippen molar-refractivity contribution >= 4 is 46.5 Å². The molecule has 6 nitrogen and oxygen atoms in total. The number of aromatic nitrogens is 2. The molecule has 1 N–H and O–H groups in total. The van der Waals surface area contributed by atoms with Crippen molar-refractivity contribution in [3.8, 4) is 5.75 Å². The van der Waals surface area contributed by atoms with Gasteiger partial charge in [0.05, 0.1) is 36.7 Å². The Kier molecular flexibility index (Phi) is 7.09. The maximum atomic E-state index is 12.3. The van der Waals surface area contributed by atoms with Crippen molar-refractivity contribution in [3.63, 3.8) is 0 Å². The minimum atomic E-state index is -0.204. The van der Waals surface area contributed by atoms with Crippen LogP contribution in [0.5, 0.6) is 5.75 Å². The van der Waals surface area contributed by atoms with Gasteiger partial charge in [-0.05, 0) is 59.7 Å². The third-order valence-corrected chi connectivity index (χ3v) is 5.95. The van der Waals surface area contributed by atoms with Crippen molar-refractivity contribution < 1.29 is 9.53 Å². The molecule has 0 fully saturated rings. The molecule has 0 aliphatic carbocycles. The molecule has 1 aromatic heterocycles. The Labute approximate surface area is 195 Å². The lowest BCUT2D eigenvalue weighted by atomic mass is 10.2. The number of hydrazone groups is 1. The van der Waals surface area contributed by atoms with Gasteiger partial charge in [0.25, 0.3) is 5.91 Å². The third kappa shape index (κ3) is 5.49. The Balaban J connectivity index is 1.42. The van der Waals surface area contributed by atoms with Crippen LogP contribution in [-0.4, -0.2) is 34.5 Å². The molecule has 8 heteroatoms. The van der Waals surface area contributed by atoms with E-state index in [4.69, 9.17) is 21.3 Å². The second-order valence-corrected chi connectivity index (χ2v) is 8.33. The fraction of sp³-hybridized carbons (Fsp3) is 0.125. The number of fused-ring (bicyclic) bond motifs is 1. The van der Waals surface area contributed by atoms with Crippen LogP contribution in [0.2, 0.25) is 5.02 Å². The average molecular weight is 465 g/mol. The predicted octanol–water partition coefficient (Wildman–Crippen LogP) is 4.99. The van der Waals surface area contributed by atoms with Gasteiger partial charge in [0.1, 0.15) is 5.75 Å². The minimum absolute atomic E-state index is 0.198. The first kappa shape index (κ1) is 21.9. The fourth-order valence-corrected chi connectivity index (χ4v) is 4.05. The van der Waals surface area contributed by atoms with Crippen molar-refractivity contribution in [2.45, 2.75) is 11.7 Å². The van der Waals surface area contributed by atoms with Crippen LogP contribution in [0.1, 0.15) is 11.1 Å². The number of benzene rings is 3. The number of nitrogens with one attached hydrogen (secondary N) is 1. The highest BCUT2D eigenvalue weighted by atomic mass is 35.5. The molecule has 0 aliphatic rings. The van der Waals surface area contributed by atoms with E-state index in [1.54, 1.807) is 13.3 Å². The molecular formula is C24H21ClN4O2S. The number of amides is 1. The molecular weight excluding hydrogens is 444 g/mol. The first-order chi connectivity index (χ1) is 15.6. The van der Waals surface area contributed by atoms with E-state index in [0.717, 1.165) is 33.1 Å². The lowest BCUT2D eigenvalue weighted by molar-refractivity contribution is -0.118. The van der Waals surface area contributed by atoms with E-state index in [0.29, 0.717) is 11.6 Å². The van der Waals surface area contributed by atoms with Crippen molar-refractivity contribution in [2.24, 2.45) is 5.10 Å². The summed E-state index contributed by atoms with van der Waals surface area (Å²) in [6.07, 6.45) is 1.60. The van der Waals surface area contributed by atoms with E-state index >= 15 is 0 Å². The number of imidazole rings is 1. The molecule has 32 heavy (non-hydrogen) atoms. The van der Waals surface area contributed by atoms with Gasteiger partial charge in [-0.25, -0.2) is 10.4 Å². The minimum Gasteiger partial charge on any atom is -0.497 e. The molecule has 4 rings (SSSR count). The van der Waals surface area contributed by atoms with E-state index in [1.807, 2.05) is 72.8 Å². The molecule has 0 saturated heterocycles. The second-order valence-electron chi connectivity index (χ2n) is 6.95. The summed E-state index contributed by atoms with van der Waals surface area (Å²) in [4.78, 5) is 17.0. The first-order valence-corrected chi connectivity index (χ1v) is 11.3. The van der Waals surface area contributed by atoms with Crippen LogP contribution in [0.25, 0.3) is 11.0 Å². The molecule has 3 aromatic carbocycles. The number of thioether (sulfide) groups is 1. The summed E-state index contributed by atoms with van der Waals surface area (Å²) in [5, 5.41) is 5.51. The molecule has 0 unspecified atom stereocenters. The Morgan fingerprint density at radius 3 is 2.62 bits per heavy atom. The van der Waals surface area contributed by atoms with E-state index < -0.39 is 0 Å². The number of nitrogens with zero attached hydrogens (tertiary/aromatic N) is 3. The topological polar surface area (TPSA) is 68.5 Å². The van der Waals surface area contributed by atoms with Crippen LogP contribution in [0, 0.1) is 0 Å². The number of carbonyl (C=O) groups is 1. The van der Waals surface area contributed by atoms with Crippen LogP contribution >= 0.6 is 23.4 Å². The summed E-state index contributed by atoms with van der Waals surface area (Å²) in [6.45, 7) is 0.636. The number of carbonyl (C=O) groups excluding carboxylic acids is 1. The first-order valence-electron chi connectivity index (χ1n) is 9.91. The zero-order chi connectivity index (χ0) is 22.3. The quantitative estimate of drug-likeness (QED) is 0.226. The van der Waals surface area contributed by atoms with E-state index in [-0.39, 0.29) is 11.7 Å². The fourth-order valence-electron chi connectivity index (χ4n) is 3.12. The summed E-state index contributed by atoms with van der Waals surface area (Å²) in [5.74, 6) is 0.762. The van der Waals surface area contributed by atoms with Crippen molar-refractivity contribution in [3.05, 3.63) is 88.9 Å². The number of ether oxygens (including phenoxy) is 1. The number of methoxy groups -OCH3 is 1. The van der Waals surface area contributed by atoms with Crippen molar-refractivity contribution in [1.29, 1.82) is 0 Å². The SMILES string of the molecule is COc1ccc(C=NNC(=O)CSc2nc3ccccc3n2Cc2ccc(Cl)cc2)cc1. The maximum Gasteiger partial charge on any atom is 0.250 e. The van der Waals surface area contributed by atoms with Crippen molar-refractivity contribution in [1.82, 2.24) is 15.0 Å². The predicted molar refractivity (Wildman–Crippen MR) is 130 cm³/mol. The van der Waals surface area contributed by atoms with Crippen LogP contribution in [-0.2, 0) is 11.3 Å². The molecule has 0 spiro atoms. The lowest BCUT2D eigenvalue weighted by Crippen LogP contribution is -2.20.